The van der Waals surface area contributed by atoms with Crippen LogP contribution in [0.2, 0.25) is 10.0 Å². The highest BCUT2D eigenvalue weighted by Gasteiger charge is 2.33. The summed E-state index contributed by atoms with van der Waals surface area (Å²) in [5, 5.41) is 14.2. The van der Waals surface area contributed by atoms with Crippen LogP contribution in [0, 0.1) is 6.92 Å². The molecule has 1 unspecified atom stereocenters. The number of sulfonamides is 1. The third-order valence-electron chi connectivity index (χ3n) is 4.20. The number of nitrogens with two attached hydrogens (primary N) is 1. The number of aliphatic carboxylic acids is 1. The predicted molar refractivity (Wildman–Crippen MR) is 98.2 cm³/mol. The van der Waals surface area contributed by atoms with E-state index in [-0.39, 0.29) is 32.5 Å². The van der Waals surface area contributed by atoms with E-state index in [9.17, 15) is 18.0 Å². The van der Waals surface area contributed by atoms with Crippen LogP contribution in [0.3, 0.4) is 0 Å². The fourth-order valence-corrected chi connectivity index (χ4v) is 4.16. The Morgan fingerprint density at radius 2 is 1.93 bits per heavy atom. The molecule has 27 heavy (non-hydrogen) atoms. The van der Waals surface area contributed by atoms with E-state index in [1.165, 1.54) is 18.2 Å². The van der Waals surface area contributed by atoms with Gasteiger partial charge in [-0.2, -0.15) is 0 Å². The van der Waals surface area contributed by atoms with Crippen LogP contribution in [0.4, 0.5) is 0 Å². The van der Waals surface area contributed by atoms with Gasteiger partial charge in [-0.25, -0.2) is 18.4 Å². The fourth-order valence-electron chi connectivity index (χ4n) is 2.87. The smallest absolute Gasteiger partial charge is 0.345 e. The van der Waals surface area contributed by atoms with Gasteiger partial charge in [0.15, 0.2) is 11.9 Å². The van der Waals surface area contributed by atoms with Crippen LogP contribution < -0.4 is 9.88 Å². The summed E-state index contributed by atoms with van der Waals surface area (Å²) in [4.78, 5) is 23.7. The summed E-state index contributed by atoms with van der Waals surface area (Å²) in [7, 11) is -4.12. The SMILES string of the molecule is Cc1c(Cl)c(C(=O)c2ccc(Cl)c(S(N)(=O)=O)c2)cc2c1OC(C(=O)O)C2. The van der Waals surface area contributed by atoms with Gasteiger partial charge in [-0.3, -0.25) is 4.79 Å². The number of carboxylic acid groups (broad SMARTS) is 1. The van der Waals surface area contributed by atoms with Crippen LogP contribution in [0.1, 0.15) is 27.0 Å². The number of rotatable bonds is 4. The molecule has 1 heterocycles. The normalized spacial score (nSPS) is 15.9. The molecule has 2 aromatic carbocycles. The zero-order valence-corrected chi connectivity index (χ0v) is 16.2. The lowest BCUT2D eigenvalue weighted by molar-refractivity contribution is -0.144. The maximum absolute atomic E-state index is 12.9. The van der Waals surface area contributed by atoms with Crippen LogP contribution in [-0.2, 0) is 21.2 Å². The summed E-state index contributed by atoms with van der Waals surface area (Å²) in [6.07, 6.45) is -0.962. The highest BCUT2D eigenvalue weighted by molar-refractivity contribution is 7.89. The molecule has 1 aliphatic heterocycles. The van der Waals surface area contributed by atoms with Crippen LogP contribution in [0.15, 0.2) is 29.2 Å². The number of fused-ring (bicyclic) bond motifs is 1. The van der Waals surface area contributed by atoms with Gasteiger partial charge in [0.25, 0.3) is 0 Å². The number of primary sulfonamides is 1. The van der Waals surface area contributed by atoms with E-state index < -0.39 is 27.9 Å². The van der Waals surface area contributed by atoms with Gasteiger partial charge in [-0.1, -0.05) is 23.2 Å². The minimum absolute atomic E-state index is 0.0263. The number of carboxylic acids is 1. The van der Waals surface area contributed by atoms with E-state index in [1.54, 1.807) is 6.92 Å². The largest absolute Gasteiger partial charge is 0.478 e. The first kappa shape index (κ1) is 19.6. The van der Waals surface area contributed by atoms with Crippen molar-refractivity contribution < 1.29 is 27.9 Å². The highest BCUT2D eigenvalue weighted by atomic mass is 35.5. The second-order valence-electron chi connectivity index (χ2n) is 6.02. The summed E-state index contributed by atoms with van der Waals surface area (Å²) in [6, 6.07) is 5.15. The molecule has 2 aromatic rings. The Morgan fingerprint density at radius 3 is 2.52 bits per heavy atom. The number of carbonyl (C=O) groups excluding carboxylic acids is 1. The zero-order chi connectivity index (χ0) is 20.1. The number of carbonyl (C=O) groups is 2. The Morgan fingerprint density at radius 1 is 1.26 bits per heavy atom. The lowest BCUT2D eigenvalue weighted by atomic mass is 9.97. The monoisotopic (exact) mass is 429 g/mol. The molecular formula is C17H13Cl2NO6S. The molecule has 0 amide bonds. The van der Waals surface area contributed by atoms with Gasteiger partial charge in [-0.15, -0.1) is 0 Å². The van der Waals surface area contributed by atoms with Gasteiger partial charge in [-0.05, 0) is 36.8 Å². The Hall–Kier alpha value is -2.13. The maximum Gasteiger partial charge on any atom is 0.345 e. The third-order valence-corrected chi connectivity index (χ3v) is 6.08. The minimum Gasteiger partial charge on any atom is -0.478 e. The average molecular weight is 430 g/mol. The Kier molecular flexibility index (Phi) is 4.94. The maximum atomic E-state index is 12.9. The van der Waals surface area contributed by atoms with Gasteiger partial charge >= 0.3 is 5.97 Å². The van der Waals surface area contributed by atoms with Crippen molar-refractivity contribution in [2.45, 2.75) is 24.3 Å². The Labute approximate surface area is 164 Å². The van der Waals surface area contributed by atoms with Gasteiger partial charge in [0.1, 0.15) is 10.6 Å². The Balaban J connectivity index is 2.09. The molecule has 0 aliphatic carbocycles. The molecule has 0 aromatic heterocycles. The number of halogens is 2. The number of hydrogen-bond donors (Lipinski definition) is 2. The molecule has 0 radical (unpaired) electrons. The topological polar surface area (TPSA) is 124 Å². The van der Waals surface area contributed by atoms with Crippen molar-refractivity contribution in [2.24, 2.45) is 5.14 Å². The van der Waals surface area contributed by atoms with Crippen LogP contribution in [0.5, 0.6) is 5.75 Å². The van der Waals surface area contributed by atoms with Gasteiger partial charge in [0.2, 0.25) is 10.0 Å². The zero-order valence-electron chi connectivity index (χ0n) is 13.8. The summed E-state index contributed by atoms with van der Waals surface area (Å²) < 4.78 is 28.6. The Bertz CT molecular complexity index is 1100. The van der Waals surface area contributed by atoms with Crippen LogP contribution >= 0.6 is 23.2 Å². The fraction of sp³-hybridized carbons (Fsp3) is 0.176. The number of ether oxygens (including phenoxy) is 1. The molecule has 0 saturated carbocycles. The summed E-state index contributed by atoms with van der Waals surface area (Å²) in [5.41, 5.74) is 1.10. The first-order chi connectivity index (χ1) is 12.5. The quantitative estimate of drug-likeness (QED) is 0.719. The summed E-state index contributed by atoms with van der Waals surface area (Å²) in [5.74, 6) is -1.33. The predicted octanol–water partition coefficient (Wildman–Crippen LogP) is 2.57. The number of hydrogen-bond acceptors (Lipinski definition) is 5. The van der Waals surface area contributed by atoms with Gasteiger partial charge in [0, 0.05) is 23.1 Å². The molecule has 0 saturated heterocycles. The number of ketones is 1. The second kappa shape index (κ2) is 6.79. The molecule has 142 valence electrons. The van der Waals surface area contributed by atoms with Gasteiger partial charge in [0.05, 0.1) is 10.0 Å². The van der Waals surface area contributed by atoms with Crippen molar-refractivity contribution in [3.05, 3.63) is 56.6 Å². The first-order valence-corrected chi connectivity index (χ1v) is 9.89. The molecule has 0 fully saturated rings. The molecule has 3 rings (SSSR count). The number of benzene rings is 2. The molecule has 7 nitrogen and oxygen atoms in total. The summed E-state index contributed by atoms with van der Waals surface area (Å²) in [6.45, 7) is 1.61. The van der Waals surface area contributed by atoms with Crippen molar-refractivity contribution in [1.29, 1.82) is 0 Å². The van der Waals surface area contributed by atoms with Gasteiger partial charge < -0.3 is 9.84 Å². The van der Waals surface area contributed by atoms with Crippen LogP contribution in [0.25, 0.3) is 0 Å². The molecule has 1 aliphatic rings. The molecular weight excluding hydrogens is 417 g/mol. The van der Waals surface area contributed by atoms with E-state index in [1.807, 2.05) is 0 Å². The van der Waals surface area contributed by atoms with Crippen LogP contribution in [-0.4, -0.2) is 31.4 Å². The lowest BCUT2D eigenvalue weighted by Gasteiger charge is -2.12. The third kappa shape index (κ3) is 3.53. The first-order valence-electron chi connectivity index (χ1n) is 7.59. The highest BCUT2D eigenvalue weighted by Crippen LogP contribution is 2.39. The van der Waals surface area contributed by atoms with E-state index in [2.05, 4.69) is 0 Å². The average Bonchev–Trinajstić information content (AvgIpc) is 3.01. The van der Waals surface area contributed by atoms with E-state index in [0.29, 0.717) is 16.9 Å². The minimum atomic E-state index is -4.12. The summed E-state index contributed by atoms with van der Waals surface area (Å²) >= 11 is 12.1. The van der Waals surface area contributed by atoms with Crippen molar-refractivity contribution in [1.82, 2.24) is 0 Å². The standard InChI is InChI=1S/C17H13Cl2NO6S/c1-7-14(19)10(4-9-5-12(17(22)23)26-16(7)9)15(21)8-2-3-11(18)13(6-8)27(20,24)25/h2-4,6,12H,5H2,1H3,(H,22,23)(H2,20,24,25). The lowest BCUT2D eigenvalue weighted by Crippen LogP contribution is -2.24. The van der Waals surface area contributed by atoms with Crippen molar-refractivity contribution in [2.75, 3.05) is 0 Å². The van der Waals surface area contributed by atoms with E-state index in [4.69, 9.17) is 38.2 Å². The molecule has 0 bridgehead atoms. The van der Waals surface area contributed by atoms with Crippen molar-refractivity contribution in [3.63, 3.8) is 0 Å². The molecule has 1 atom stereocenters. The second-order valence-corrected chi connectivity index (χ2v) is 8.33. The molecule has 10 heteroatoms. The molecule has 0 spiro atoms. The van der Waals surface area contributed by atoms with Crippen molar-refractivity contribution in [3.8, 4) is 5.75 Å². The van der Waals surface area contributed by atoms with Crippen molar-refractivity contribution >= 4 is 45.0 Å². The molecule has 3 N–H and O–H groups in total. The van der Waals surface area contributed by atoms with E-state index >= 15 is 0 Å². The van der Waals surface area contributed by atoms with E-state index in [0.717, 1.165) is 6.07 Å².